The van der Waals surface area contributed by atoms with Crippen LogP contribution in [-0.2, 0) is 6.54 Å². The summed E-state index contributed by atoms with van der Waals surface area (Å²) >= 11 is 6.15. The number of ether oxygens (including phenoxy) is 1. The van der Waals surface area contributed by atoms with E-state index in [1.54, 1.807) is 11.9 Å². The summed E-state index contributed by atoms with van der Waals surface area (Å²) in [6, 6.07) is 15.0. The van der Waals surface area contributed by atoms with Crippen molar-refractivity contribution in [2.24, 2.45) is 0 Å². The molecule has 0 aliphatic rings. The molecule has 24 heavy (non-hydrogen) atoms. The van der Waals surface area contributed by atoms with Gasteiger partial charge in [-0.2, -0.15) is 0 Å². The third kappa shape index (κ3) is 4.90. The summed E-state index contributed by atoms with van der Waals surface area (Å²) in [6.07, 6.45) is 0. The van der Waals surface area contributed by atoms with Crippen LogP contribution in [0.4, 0.5) is 4.79 Å². The van der Waals surface area contributed by atoms with Gasteiger partial charge in [0.2, 0.25) is 0 Å². The number of carbonyl (C=O) groups is 1. The first-order valence-corrected chi connectivity index (χ1v) is 8.36. The average molecular weight is 347 g/mol. The van der Waals surface area contributed by atoms with Gasteiger partial charge in [0.15, 0.2) is 0 Å². The summed E-state index contributed by atoms with van der Waals surface area (Å²) in [6.45, 7) is 4.97. The molecule has 1 atom stereocenters. The van der Waals surface area contributed by atoms with Gasteiger partial charge in [0.25, 0.3) is 0 Å². The molecule has 2 amide bonds. The van der Waals surface area contributed by atoms with Gasteiger partial charge < -0.3 is 15.0 Å². The zero-order valence-corrected chi connectivity index (χ0v) is 15.0. The van der Waals surface area contributed by atoms with Crippen molar-refractivity contribution in [1.82, 2.24) is 10.2 Å². The van der Waals surface area contributed by atoms with Gasteiger partial charge in [0.05, 0.1) is 12.6 Å². The van der Waals surface area contributed by atoms with E-state index in [0.717, 1.165) is 16.9 Å². The maximum atomic E-state index is 12.4. The Bertz CT molecular complexity index is 691. The molecule has 0 aromatic heterocycles. The van der Waals surface area contributed by atoms with Crippen LogP contribution in [0.1, 0.15) is 31.0 Å². The third-order valence-electron chi connectivity index (χ3n) is 3.72. The fraction of sp³-hybridized carbons (Fsp3) is 0.316. The Balaban J connectivity index is 1.98. The maximum absolute atomic E-state index is 12.4. The number of benzene rings is 2. The second kappa shape index (κ2) is 8.60. The van der Waals surface area contributed by atoms with E-state index in [1.165, 1.54) is 0 Å². The SMILES string of the molecule is CCOc1cccc(C(C)NC(=O)N(C)Cc2ccccc2Cl)c1. The van der Waals surface area contributed by atoms with Crippen LogP contribution in [0.15, 0.2) is 48.5 Å². The van der Waals surface area contributed by atoms with Crippen molar-refractivity contribution >= 4 is 17.6 Å². The van der Waals surface area contributed by atoms with E-state index in [4.69, 9.17) is 16.3 Å². The van der Waals surface area contributed by atoms with Crippen LogP contribution in [0.5, 0.6) is 5.75 Å². The average Bonchev–Trinajstić information content (AvgIpc) is 2.57. The molecule has 0 aliphatic heterocycles. The van der Waals surface area contributed by atoms with Crippen LogP contribution in [0.3, 0.4) is 0 Å². The van der Waals surface area contributed by atoms with Crippen LogP contribution in [0, 0.1) is 0 Å². The molecular formula is C19H23ClN2O2. The Kier molecular flexibility index (Phi) is 6.50. The van der Waals surface area contributed by atoms with Crippen LogP contribution in [-0.4, -0.2) is 24.6 Å². The van der Waals surface area contributed by atoms with E-state index in [-0.39, 0.29) is 12.1 Å². The first-order chi connectivity index (χ1) is 11.5. The van der Waals surface area contributed by atoms with Crippen molar-refractivity contribution in [2.45, 2.75) is 26.4 Å². The molecule has 0 bridgehead atoms. The lowest BCUT2D eigenvalue weighted by atomic mass is 10.1. The van der Waals surface area contributed by atoms with Gasteiger partial charge in [-0.25, -0.2) is 4.79 Å². The number of urea groups is 1. The summed E-state index contributed by atoms with van der Waals surface area (Å²) in [7, 11) is 1.75. The monoisotopic (exact) mass is 346 g/mol. The fourth-order valence-corrected chi connectivity index (χ4v) is 2.57. The Hall–Kier alpha value is -2.20. The summed E-state index contributed by atoms with van der Waals surface area (Å²) in [5.41, 5.74) is 1.92. The van der Waals surface area contributed by atoms with Crippen molar-refractivity contribution in [3.05, 3.63) is 64.7 Å². The lowest BCUT2D eigenvalue weighted by molar-refractivity contribution is 0.203. The highest BCUT2D eigenvalue weighted by Crippen LogP contribution is 2.20. The second-order valence-corrected chi connectivity index (χ2v) is 6.03. The first kappa shape index (κ1) is 18.1. The predicted octanol–water partition coefficient (Wildman–Crippen LogP) is 4.64. The molecule has 1 unspecified atom stereocenters. The minimum absolute atomic E-state index is 0.119. The van der Waals surface area contributed by atoms with Crippen molar-refractivity contribution < 1.29 is 9.53 Å². The van der Waals surface area contributed by atoms with Crippen molar-refractivity contribution in [3.8, 4) is 5.75 Å². The summed E-state index contributed by atoms with van der Waals surface area (Å²) in [4.78, 5) is 14.0. The van der Waals surface area contributed by atoms with Gasteiger partial charge in [-0.3, -0.25) is 0 Å². The zero-order chi connectivity index (χ0) is 17.5. The van der Waals surface area contributed by atoms with E-state index in [9.17, 15) is 4.79 Å². The van der Waals surface area contributed by atoms with Gasteiger partial charge in [-0.1, -0.05) is 41.9 Å². The maximum Gasteiger partial charge on any atom is 0.317 e. The highest BCUT2D eigenvalue weighted by molar-refractivity contribution is 6.31. The van der Waals surface area contributed by atoms with Crippen LogP contribution < -0.4 is 10.1 Å². The standard InChI is InChI=1S/C19H23ClN2O2/c1-4-24-17-10-7-9-15(12-17)14(2)21-19(23)22(3)13-16-8-5-6-11-18(16)20/h5-12,14H,4,13H2,1-3H3,(H,21,23). The number of hydrogen-bond acceptors (Lipinski definition) is 2. The van der Waals surface area contributed by atoms with Crippen molar-refractivity contribution in [2.75, 3.05) is 13.7 Å². The molecule has 0 aliphatic carbocycles. The smallest absolute Gasteiger partial charge is 0.317 e. The number of carbonyl (C=O) groups excluding carboxylic acids is 1. The number of nitrogens with one attached hydrogen (secondary N) is 1. The number of hydrogen-bond donors (Lipinski definition) is 1. The second-order valence-electron chi connectivity index (χ2n) is 5.62. The minimum atomic E-state index is -0.149. The number of amides is 2. The van der Waals surface area contributed by atoms with Crippen LogP contribution >= 0.6 is 11.6 Å². The molecule has 0 fully saturated rings. The molecular weight excluding hydrogens is 324 g/mol. The number of halogens is 1. The Morgan fingerprint density at radius 3 is 2.71 bits per heavy atom. The van der Waals surface area contributed by atoms with Gasteiger partial charge in [-0.05, 0) is 43.2 Å². The highest BCUT2D eigenvalue weighted by Gasteiger charge is 2.15. The molecule has 0 saturated heterocycles. The van der Waals surface area contributed by atoms with E-state index in [2.05, 4.69) is 5.32 Å². The molecule has 2 rings (SSSR count). The Labute approximate surface area is 148 Å². The van der Waals surface area contributed by atoms with Crippen molar-refractivity contribution in [1.29, 1.82) is 0 Å². The molecule has 0 radical (unpaired) electrons. The molecule has 2 aromatic carbocycles. The first-order valence-electron chi connectivity index (χ1n) is 7.99. The normalized spacial score (nSPS) is 11.7. The Morgan fingerprint density at radius 1 is 1.25 bits per heavy atom. The number of rotatable bonds is 6. The van der Waals surface area contributed by atoms with E-state index in [0.29, 0.717) is 18.2 Å². The van der Waals surface area contributed by atoms with Gasteiger partial charge in [0.1, 0.15) is 5.75 Å². The molecule has 2 aromatic rings. The fourth-order valence-electron chi connectivity index (χ4n) is 2.37. The van der Waals surface area contributed by atoms with Crippen LogP contribution in [0.2, 0.25) is 5.02 Å². The minimum Gasteiger partial charge on any atom is -0.494 e. The topological polar surface area (TPSA) is 41.6 Å². The molecule has 0 heterocycles. The molecule has 4 nitrogen and oxygen atoms in total. The lowest BCUT2D eigenvalue weighted by Crippen LogP contribution is -2.38. The van der Waals surface area contributed by atoms with Gasteiger partial charge >= 0.3 is 6.03 Å². The largest absolute Gasteiger partial charge is 0.494 e. The van der Waals surface area contributed by atoms with Crippen molar-refractivity contribution in [3.63, 3.8) is 0 Å². The third-order valence-corrected chi connectivity index (χ3v) is 4.09. The summed E-state index contributed by atoms with van der Waals surface area (Å²) < 4.78 is 5.50. The molecule has 5 heteroatoms. The zero-order valence-electron chi connectivity index (χ0n) is 14.3. The predicted molar refractivity (Wildman–Crippen MR) is 97.5 cm³/mol. The quantitative estimate of drug-likeness (QED) is 0.827. The number of nitrogens with zero attached hydrogens (tertiary/aromatic N) is 1. The Morgan fingerprint density at radius 2 is 2.00 bits per heavy atom. The van der Waals surface area contributed by atoms with Gasteiger partial charge in [0, 0.05) is 18.6 Å². The lowest BCUT2D eigenvalue weighted by Gasteiger charge is -2.22. The molecule has 128 valence electrons. The highest BCUT2D eigenvalue weighted by atomic mass is 35.5. The van der Waals surface area contributed by atoms with Crippen LogP contribution in [0.25, 0.3) is 0 Å². The van der Waals surface area contributed by atoms with Gasteiger partial charge in [-0.15, -0.1) is 0 Å². The molecule has 1 N–H and O–H groups in total. The summed E-state index contributed by atoms with van der Waals surface area (Å²) in [5, 5.41) is 3.66. The summed E-state index contributed by atoms with van der Waals surface area (Å²) in [5.74, 6) is 0.806. The molecule has 0 saturated carbocycles. The van der Waals surface area contributed by atoms with E-state index < -0.39 is 0 Å². The van der Waals surface area contributed by atoms with E-state index >= 15 is 0 Å². The molecule has 0 spiro atoms. The van der Waals surface area contributed by atoms with E-state index in [1.807, 2.05) is 62.4 Å².